The summed E-state index contributed by atoms with van der Waals surface area (Å²) in [6.07, 6.45) is 0. The zero-order valence-electron chi connectivity index (χ0n) is 9.97. The average molecular weight is 252 g/mol. The number of benzene rings is 1. The van der Waals surface area contributed by atoms with Crippen LogP contribution in [0.4, 0.5) is 0 Å². The summed E-state index contributed by atoms with van der Waals surface area (Å²) in [7, 11) is 1.64. The maximum atomic E-state index is 5.96. The highest BCUT2D eigenvalue weighted by Crippen LogP contribution is 2.28. The molecule has 0 bridgehead atoms. The van der Waals surface area contributed by atoms with E-state index in [9.17, 15) is 0 Å². The third kappa shape index (κ3) is 2.74. The Labute approximate surface area is 104 Å². The van der Waals surface area contributed by atoms with Gasteiger partial charge in [-0.1, -0.05) is 0 Å². The van der Waals surface area contributed by atoms with E-state index < -0.39 is 0 Å². The van der Waals surface area contributed by atoms with E-state index in [1.54, 1.807) is 18.4 Å². The molecule has 0 aliphatic carbocycles. The van der Waals surface area contributed by atoms with Crippen molar-refractivity contribution in [2.45, 2.75) is 13.0 Å². The van der Waals surface area contributed by atoms with Gasteiger partial charge in [-0.15, -0.1) is 11.3 Å². The SMILES string of the molecule is CCOc1ccc2nc(C(N)COC)sc2c1. The van der Waals surface area contributed by atoms with Crippen LogP contribution in [0.1, 0.15) is 18.0 Å². The standard InChI is InChI=1S/C12H16N2O2S/c1-3-16-8-4-5-10-11(6-8)17-12(14-10)9(13)7-15-2/h4-6,9H,3,7,13H2,1-2H3. The third-order valence-corrected chi connectivity index (χ3v) is 3.50. The fourth-order valence-corrected chi connectivity index (χ4v) is 2.57. The Balaban J connectivity index is 2.30. The van der Waals surface area contributed by atoms with Crippen molar-refractivity contribution in [1.82, 2.24) is 4.98 Å². The topological polar surface area (TPSA) is 57.4 Å². The van der Waals surface area contributed by atoms with E-state index >= 15 is 0 Å². The van der Waals surface area contributed by atoms with Crippen molar-refractivity contribution in [3.05, 3.63) is 23.2 Å². The first kappa shape index (κ1) is 12.3. The van der Waals surface area contributed by atoms with Crippen LogP contribution in [0.5, 0.6) is 5.75 Å². The molecule has 4 nitrogen and oxygen atoms in total. The number of fused-ring (bicyclic) bond motifs is 1. The lowest BCUT2D eigenvalue weighted by Crippen LogP contribution is -2.15. The second kappa shape index (κ2) is 5.44. The predicted octanol–water partition coefficient (Wildman–Crippen LogP) is 2.34. The number of thiazole rings is 1. The maximum absolute atomic E-state index is 5.96. The van der Waals surface area contributed by atoms with Gasteiger partial charge in [-0.2, -0.15) is 0 Å². The molecule has 0 amide bonds. The van der Waals surface area contributed by atoms with Crippen molar-refractivity contribution in [3.63, 3.8) is 0 Å². The van der Waals surface area contributed by atoms with E-state index in [4.69, 9.17) is 15.2 Å². The maximum Gasteiger partial charge on any atom is 0.120 e. The predicted molar refractivity (Wildman–Crippen MR) is 69.6 cm³/mol. The molecule has 0 saturated carbocycles. The molecule has 0 radical (unpaired) electrons. The molecule has 2 N–H and O–H groups in total. The lowest BCUT2D eigenvalue weighted by molar-refractivity contribution is 0.181. The van der Waals surface area contributed by atoms with E-state index in [0.29, 0.717) is 13.2 Å². The Hall–Kier alpha value is -1.17. The lowest BCUT2D eigenvalue weighted by Gasteiger charge is -2.04. The molecule has 1 unspecified atom stereocenters. The number of hydrogen-bond donors (Lipinski definition) is 1. The summed E-state index contributed by atoms with van der Waals surface area (Å²) in [5.41, 5.74) is 6.92. The van der Waals surface area contributed by atoms with Gasteiger partial charge in [-0.05, 0) is 25.1 Å². The fraction of sp³-hybridized carbons (Fsp3) is 0.417. The molecule has 2 aromatic rings. The normalized spacial score (nSPS) is 12.9. The first-order valence-corrected chi connectivity index (χ1v) is 6.34. The van der Waals surface area contributed by atoms with Crippen LogP contribution < -0.4 is 10.5 Å². The Morgan fingerprint density at radius 1 is 1.47 bits per heavy atom. The van der Waals surface area contributed by atoms with E-state index in [2.05, 4.69) is 4.98 Å². The zero-order chi connectivity index (χ0) is 12.3. The lowest BCUT2D eigenvalue weighted by atomic mass is 10.3. The van der Waals surface area contributed by atoms with Gasteiger partial charge >= 0.3 is 0 Å². The van der Waals surface area contributed by atoms with Crippen molar-refractivity contribution in [3.8, 4) is 5.75 Å². The minimum atomic E-state index is -0.159. The molecule has 1 aromatic heterocycles. The summed E-state index contributed by atoms with van der Waals surface area (Å²) in [5.74, 6) is 0.871. The molecule has 92 valence electrons. The molecule has 2 rings (SSSR count). The number of methoxy groups -OCH3 is 1. The number of ether oxygens (including phenoxy) is 2. The Morgan fingerprint density at radius 3 is 3.00 bits per heavy atom. The summed E-state index contributed by atoms with van der Waals surface area (Å²) in [6.45, 7) is 3.12. The highest BCUT2D eigenvalue weighted by molar-refractivity contribution is 7.18. The van der Waals surface area contributed by atoms with Crippen molar-refractivity contribution < 1.29 is 9.47 Å². The van der Waals surface area contributed by atoms with Crippen LogP contribution in [0.3, 0.4) is 0 Å². The largest absolute Gasteiger partial charge is 0.494 e. The van der Waals surface area contributed by atoms with Gasteiger partial charge in [0.25, 0.3) is 0 Å². The Bertz CT molecular complexity index is 498. The van der Waals surface area contributed by atoms with E-state index in [0.717, 1.165) is 21.0 Å². The highest BCUT2D eigenvalue weighted by atomic mass is 32.1. The Morgan fingerprint density at radius 2 is 2.29 bits per heavy atom. The molecule has 1 aromatic carbocycles. The number of hydrogen-bond acceptors (Lipinski definition) is 5. The van der Waals surface area contributed by atoms with Gasteiger partial charge in [0.05, 0.1) is 29.5 Å². The first-order chi connectivity index (χ1) is 8.24. The summed E-state index contributed by atoms with van der Waals surface area (Å²) < 4.78 is 11.6. The number of aromatic nitrogens is 1. The van der Waals surface area contributed by atoms with Crippen LogP contribution in [0.15, 0.2) is 18.2 Å². The molecule has 0 aliphatic rings. The second-order valence-electron chi connectivity index (χ2n) is 3.68. The summed E-state index contributed by atoms with van der Waals surface area (Å²) >= 11 is 1.59. The van der Waals surface area contributed by atoms with Gasteiger partial charge in [0.1, 0.15) is 10.8 Å². The molecule has 1 heterocycles. The summed E-state index contributed by atoms with van der Waals surface area (Å²) in [4.78, 5) is 4.49. The fourth-order valence-electron chi connectivity index (χ4n) is 1.59. The minimum absolute atomic E-state index is 0.159. The molecule has 0 fully saturated rings. The average Bonchev–Trinajstić information content (AvgIpc) is 2.73. The zero-order valence-corrected chi connectivity index (χ0v) is 10.8. The molecule has 0 aliphatic heterocycles. The summed E-state index contributed by atoms with van der Waals surface area (Å²) in [5, 5.41) is 0.899. The quantitative estimate of drug-likeness (QED) is 0.887. The second-order valence-corrected chi connectivity index (χ2v) is 4.74. The monoisotopic (exact) mass is 252 g/mol. The molecule has 0 spiro atoms. The van der Waals surface area contributed by atoms with Crippen LogP contribution >= 0.6 is 11.3 Å². The molecule has 17 heavy (non-hydrogen) atoms. The van der Waals surface area contributed by atoms with Gasteiger partial charge < -0.3 is 15.2 Å². The van der Waals surface area contributed by atoms with E-state index in [1.165, 1.54) is 0 Å². The van der Waals surface area contributed by atoms with Crippen molar-refractivity contribution in [2.24, 2.45) is 5.73 Å². The van der Waals surface area contributed by atoms with Crippen LogP contribution in [-0.4, -0.2) is 25.3 Å². The van der Waals surface area contributed by atoms with Gasteiger partial charge in [-0.3, -0.25) is 0 Å². The van der Waals surface area contributed by atoms with Crippen LogP contribution in [-0.2, 0) is 4.74 Å². The third-order valence-electron chi connectivity index (χ3n) is 2.35. The summed E-state index contributed by atoms with van der Waals surface area (Å²) in [6, 6.07) is 5.73. The van der Waals surface area contributed by atoms with Crippen molar-refractivity contribution in [2.75, 3.05) is 20.3 Å². The minimum Gasteiger partial charge on any atom is -0.494 e. The van der Waals surface area contributed by atoms with Crippen molar-refractivity contribution >= 4 is 21.6 Å². The Kier molecular flexibility index (Phi) is 3.93. The van der Waals surface area contributed by atoms with Gasteiger partial charge in [0.2, 0.25) is 0 Å². The van der Waals surface area contributed by atoms with E-state index in [-0.39, 0.29) is 6.04 Å². The van der Waals surface area contributed by atoms with Gasteiger partial charge in [0.15, 0.2) is 0 Å². The first-order valence-electron chi connectivity index (χ1n) is 5.52. The van der Waals surface area contributed by atoms with Gasteiger partial charge in [0, 0.05) is 7.11 Å². The van der Waals surface area contributed by atoms with Crippen LogP contribution in [0.25, 0.3) is 10.2 Å². The van der Waals surface area contributed by atoms with Crippen molar-refractivity contribution in [1.29, 1.82) is 0 Å². The van der Waals surface area contributed by atoms with E-state index in [1.807, 2.05) is 25.1 Å². The highest BCUT2D eigenvalue weighted by Gasteiger charge is 2.12. The number of rotatable bonds is 5. The number of nitrogens with zero attached hydrogens (tertiary/aromatic N) is 1. The number of nitrogens with two attached hydrogens (primary N) is 1. The molecular formula is C12H16N2O2S. The van der Waals surface area contributed by atoms with Gasteiger partial charge in [-0.25, -0.2) is 4.98 Å². The van der Waals surface area contributed by atoms with Crippen LogP contribution in [0.2, 0.25) is 0 Å². The molecule has 0 saturated heterocycles. The molecular weight excluding hydrogens is 236 g/mol. The molecule has 1 atom stereocenters. The smallest absolute Gasteiger partial charge is 0.120 e. The van der Waals surface area contributed by atoms with Crippen LogP contribution in [0, 0.1) is 0 Å². The molecule has 5 heteroatoms.